The van der Waals surface area contributed by atoms with Crippen molar-refractivity contribution in [2.75, 3.05) is 26.3 Å². The third-order valence-electron chi connectivity index (χ3n) is 5.72. The van der Waals surface area contributed by atoms with E-state index in [0.29, 0.717) is 18.8 Å². The molecule has 1 saturated heterocycles. The maximum absolute atomic E-state index is 11.9. The zero-order chi connectivity index (χ0) is 20.0. The van der Waals surface area contributed by atoms with Crippen LogP contribution in [0.4, 0.5) is 0 Å². The monoisotopic (exact) mass is 409 g/mol. The van der Waals surface area contributed by atoms with Crippen molar-refractivity contribution in [3.8, 4) is 11.6 Å². The summed E-state index contributed by atoms with van der Waals surface area (Å²) in [5.74, 6) is 2.31. The maximum Gasteiger partial charge on any atom is 0.231 e. The van der Waals surface area contributed by atoms with Crippen LogP contribution in [0, 0.1) is 13.8 Å². The summed E-state index contributed by atoms with van der Waals surface area (Å²) < 4.78 is 11.7. The molecule has 0 amide bonds. The molecule has 1 fully saturated rings. The number of hydrogen-bond donors (Lipinski definition) is 0. The summed E-state index contributed by atoms with van der Waals surface area (Å²) in [7, 11) is 0. The highest BCUT2D eigenvalue weighted by atomic mass is 32.1. The molecule has 29 heavy (non-hydrogen) atoms. The van der Waals surface area contributed by atoms with Gasteiger partial charge in [0.05, 0.1) is 25.1 Å². The molecule has 1 aliphatic carbocycles. The summed E-state index contributed by atoms with van der Waals surface area (Å²) in [6.45, 7) is 8.15. The van der Waals surface area contributed by atoms with Crippen molar-refractivity contribution in [3.63, 3.8) is 0 Å². The second-order valence-electron chi connectivity index (χ2n) is 7.64. The third-order valence-corrected chi connectivity index (χ3v) is 6.82. The molecule has 7 heteroatoms. The normalized spacial score (nSPS) is 17.1. The van der Waals surface area contributed by atoms with Crippen LogP contribution in [-0.4, -0.2) is 47.0 Å². The van der Waals surface area contributed by atoms with Gasteiger partial charge in [-0.1, -0.05) is 0 Å². The summed E-state index contributed by atoms with van der Waals surface area (Å²) in [6.07, 6.45) is 1.37. The van der Waals surface area contributed by atoms with E-state index in [9.17, 15) is 4.79 Å². The highest BCUT2D eigenvalue weighted by molar-refractivity contribution is 7.18. The largest absolute Gasteiger partial charge is 0.438 e. The topological polar surface area (TPSA) is 64.6 Å². The van der Waals surface area contributed by atoms with Gasteiger partial charge in [-0.2, -0.15) is 4.98 Å². The number of aromatic nitrogens is 2. The van der Waals surface area contributed by atoms with Crippen LogP contribution in [0.25, 0.3) is 10.2 Å². The van der Waals surface area contributed by atoms with Crippen molar-refractivity contribution in [3.05, 3.63) is 45.6 Å². The van der Waals surface area contributed by atoms with Crippen LogP contribution in [0.3, 0.4) is 0 Å². The standard InChI is InChI=1S/C22H23N3O3S/c1-13-14(2)29-22-20(13)21(23-19(24-22)12-25-7-9-27-10-8-25)28-16-4-5-17-15(11-16)3-6-18(17)26/h4-5,11H,3,6-10,12H2,1-2H3. The van der Waals surface area contributed by atoms with Gasteiger partial charge in [0.1, 0.15) is 16.4 Å². The Bertz CT molecular complexity index is 1100. The molecule has 0 radical (unpaired) electrons. The Morgan fingerprint density at radius 2 is 2.00 bits per heavy atom. The van der Waals surface area contributed by atoms with Gasteiger partial charge in [-0.3, -0.25) is 9.69 Å². The third kappa shape index (κ3) is 3.54. The van der Waals surface area contributed by atoms with E-state index >= 15 is 0 Å². The molecule has 6 nitrogen and oxygen atoms in total. The number of aryl methyl sites for hydroxylation is 3. The molecule has 1 aliphatic heterocycles. The first-order valence-electron chi connectivity index (χ1n) is 9.99. The fraction of sp³-hybridized carbons (Fsp3) is 0.409. The molecule has 150 valence electrons. The number of hydrogen-bond acceptors (Lipinski definition) is 7. The average Bonchev–Trinajstić information content (AvgIpc) is 3.22. The summed E-state index contributed by atoms with van der Waals surface area (Å²) in [6, 6.07) is 5.72. The van der Waals surface area contributed by atoms with Gasteiger partial charge in [0.15, 0.2) is 5.78 Å². The number of benzene rings is 1. The van der Waals surface area contributed by atoms with E-state index in [1.165, 1.54) is 4.88 Å². The number of morpholine rings is 1. The molecule has 0 spiro atoms. The quantitative estimate of drug-likeness (QED) is 0.647. The van der Waals surface area contributed by atoms with E-state index < -0.39 is 0 Å². The van der Waals surface area contributed by atoms with Crippen LogP contribution in [0.5, 0.6) is 11.6 Å². The summed E-state index contributed by atoms with van der Waals surface area (Å²) >= 11 is 1.68. The SMILES string of the molecule is Cc1sc2nc(CN3CCOCC3)nc(Oc3ccc4c(c3)CCC4=O)c2c1C. The lowest BCUT2D eigenvalue weighted by molar-refractivity contribution is 0.0330. The first kappa shape index (κ1) is 18.7. The molecule has 0 saturated carbocycles. The van der Waals surface area contributed by atoms with Crippen LogP contribution in [0.1, 0.15) is 38.6 Å². The Morgan fingerprint density at radius 3 is 2.83 bits per heavy atom. The minimum atomic E-state index is 0.216. The summed E-state index contributed by atoms with van der Waals surface area (Å²) in [4.78, 5) is 26.0. The Balaban J connectivity index is 1.51. The van der Waals surface area contributed by atoms with Gasteiger partial charge in [0, 0.05) is 30.0 Å². The molecule has 5 rings (SSSR count). The lowest BCUT2D eigenvalue weighted by Gasteiger charge is -2.25. The smallest absolute Gasteiger partial charge is 0.231 e. The Kier molecular flexibility index (Phi) is 4.81. The number of fused-ring (bicyclic) bond motifs is 2. The second kappa shape index (κ2) is 7.48. The van der Waals surface area contributed by atoms with Gasteiger partial charge in [0.25, 0.3) is 0 Å². The molecule has 3 heterocycles. The van der Waals surface area contributed by atoms with Gasteiger partial charge < -0.3 is 9.47 Å². The van der Waals surface area contributed by atoms with Crippen molar-refractivity contribution in [1.82, 2.24) is 14.9 Å². The van der Waals surface area contributed by atoms with Crippen molar-refractivity contribution >= 4 is 27.3 Å². The highest BCUT2D eigenvalue weighted by Crippen LogP contribution is 2.37. The van der Waals surface area contributed by atoms with Crippen molar-refractivity contribution < 1.29 is 14.3 Å². The molecule has 0 N–H and O–H groups in total. The van der Waals surface area contributed by atoms with Gasteiger partial charge in [-0.25, -0.2) is 4.98 Å². The van der Waals surface area contributed by atoms with Crippen molar-refractivity contribution in [2.24, 2.45) is 0 Å². The molecular weight excluding hydrogens is 386 g/mol. The van der Waals surface area contributed by atoms with Crippen LogP contribution < -0.4 is 4.74 Å². The fourth-order valence-corrected chi connectivity index (χ4v) is 5.00. The van der Waals surface area contributed by atoms with E-state index in [1.807, 2.05) is 18.2 Å². The number of thiophene rings is 1. The average molecular weight is 410 g/mol. The number of ketones is 1. The van der Waals surface area contributed by atoms with Gasteiger partial charge >= 0.3 is 0 Å². The predicted molar refractivity (Wildman–Crippen MR) is 112 cm³/mol. The van der Waals surface area contributed by atoms with E-state index in [-0.39, 0.29) is 5.78 Å². The number of ether oxygens (including phenoxy) is 2. The zero-order valence-corrected chi connectivity index (χ0v) is 17.5. The van der Waals surface area contributed by atoms with Crippen LogP contribution in [-0.2, 0) is 17.7 Å². The molecule has 0 atom stereocenters. The van der Waals surface area contributed by atoms with E-state index in [1.54, 1.807) is 11.3 Å². The number of rotatable bonds is 4. The van der Waals surface area contributed by atoms with Crippen LogP contribution >= 0.6 is 11.3 Å². The van der Waals surface area contributed by atoms with Crippen molar-refractivity contribution in [2.45, 2.75) is 33.2 Å². The highest BCUT2D eigenvalue weighted by Gasteiger charge is 2.22. The first-order valence-corrected chi connectivity index (χ1v) is 10.8. The predicted octanol–water partition coefficient (Wildman–Crippen LogP) is 4.06. The Hall–Kier alpha value is -2.35. The molecular formula is C22H23N3O3S. The molecule has 2 aliphatic rings. The summed E-state index contributed by atoms with van der Waals surface area (Å²) in [5.41, 5.74) is 3.04. The number of nitrogens with zero attached hydrogens (tertiary/aromatic N) is 3. The van der Waals surface area contributed by atoms with E-state index in [4.69, 9.17) is 19.4 Å². The minimum Gasteiger partial charge on any atom is -0.438 e. The molecule has 2 aromatic heterocycles. The minimum absolute atomic E-state index is 0.216. The van der Waals surface area contributed by atoms with E-state index in [0.717, 1.165) is 71.2 Å². The second-order valence-corrected chi connectivity index (χ2v) is 8.84. The van der Waals surface area contributed by atoms with Gasteiger partial charge in [-0.15, -0.1) is 11.3 Å². The van der Waals surface area contributed by atoms with Crippen LogP contribution in [0.2, 0.25) is 0 Å². The molecule has 1 aromatic carbocycles. The fourth-order valence-electron chi connectivity index (χ4n) is 3.97. The Labute approximate surface area is 173 Å². The van der Waals surface area contributed by atoms with Crippen molar-refractivity contribution in [1.29, 1.82) is 0 Å². The molecule has 0 unspecified atom stereocenters. The lowest BCUT2D eigenvalue weighted by Crippen LogP contribution is -2.36. The number of Topliss-reactive ketones (excluding diaryl/α,β-unsaturated/α-hetero) is 1. The first-order chi connectivity index (χ1) is 14.1. The lowest BCUT2D eigenvalue weighted by atomic mass is 10.1. The van der Waals surface area contributed by atoms with Gasteiger partial charge in [0.2, 0.25) is 5.88 Å². The number of carbonyl (C=O) groups excluding carboxylic acids is 1. The maximum atomic E-state index is 11.9. The molecule has 0 bridgehead atoms. The van der Waals surface area contributed by atoms with E-state index in [2.05, 4.69) is 18.7 Å². The van der Waals surface area contributed by atoms with Gasteiger partial charge in [-0.05, 0) is 49.6 Å². The zero-order valence-electron chi connectivity index (χ0n) is 16.7. The van der Waals surface area contributed by atoms with Crippen LogP contribution in [0.15, 0.2) is 18.2 Å². The molecule has 3 aromatic rings. The Morgan fingerprint density at radius 1 is 1.17 bits per heavy atom. The number of carbonyl (C=O) groups is 1. The summed E-state index contributed by atoms with van der Waals surface area (Å²) in [5, 5.41) is 0.981.